The second-order valence-corrected chi connectivity index (χ2v) is 7.37. The van der Waals surface area contributed by atoms with Crippen LogP contribution in [0.3, 0.4) is 0 Å². The third-order valence-corrected chi connectivity index (χ3v) is 5.78. The van der Waals surface area contributed by atoms with Crippen LogP contribution < -0.4 is 0 Å². The second-order valence-electron chi connectivity index (χ2n) is 5.66. The molecule has 5 rings (SSSR count). The number of nitrogens with zero attached hydrogens (tertiary/aromatic N) is 3. The molecular weight excluding hydrogens is 329 g/mol. The standard InChI is InChI=1S/C14H16ClN3OS.ClH/c15-13-2-1-12(20-13)10-7-18(16-14(10)19)11-8-17-5-3-9(11)4-6-17;/h1-2,7,9,11H,3-6,8H2,(H,16,19);1H. The van der Waals surface area contributed by atoms with E-state index in [1.807, 2.05) is 23.0 Å². The van der Waals surface area contributed by atoms with Crippen molar-refractivity contribution in [3.63, 3.8) is 0 Å². The predicted molar refractivity (Wildman–Crippen MR) is 87.7 cm³/mol. The van der Waals surface area contributed by atoms with E-state index < -0.39 is 0 Å². The maximum absolute atomic E-state index is 10.1. The first-order valence-corrected chi connectivity index (χ1v) is 8.16. The molecule has 0 saturated carbocycles. The normalized spacial score (nSPS) is 27.6. The molecule has 0 spiro atoms. The summed E-state index contributed by atoms with van der Waals surface area (Å²) in [7, 11) is 0. The third kappa shape index (κ3) is 2.68. The van der Waals surface area contributed by atoms with E-state index in [1.54, 1.807) is 0 Å². The highest BCUT2D eigenvalue weighted by Gasteiger charge is 2.36. The van der Waals surface area contributed by atoms with E-state index in [0.717, 1.165) is 21.3 Å². The quantitative estimate of drug-likeness (QED) is 0.902. The molecular formula is C14H17Cl2N3OS. The zero-order valence-corrected chi connectivity index (χ0v) is 13.8. The minimum atomic E-state index is 0. The van der Waals surface area contributed by atoms with Crippen molar-refractivity contribution in [2.45, 2.75) is 18.9 Å². The van der Waals surface area contributed by atoms with Crippen molar-refractivity contribution in [3.05, 3.63) is 22.7 Å². The summed E-state index contributed by atoms with van der Waals surface area (Å²) in [6.07, 6.45) is 4.46. The van der Waals surface area contributed by atoms with Crippen LogP contribution in [0.1, 0.15) is 18.9 Å². The summed E-state index contributed by atoms with van der Waals surface area (Å²) < 4.78 is 2.70. The number of rotatable bonds is 2. The number of aromatic nitrogens is 2. The van der Waals surface area contributed by atoms with E-state index in [1.165, 1.54) is 37.3 Å². The van der Waals surface area contributed by atoms with E-state index in [4.69, 9.17) is 11.6 Å². The van der Waals surface area contributed by atoms with Crippen molar-refractivity contribution in [1.82, 2.24) is 14.7 Å². The zero-order valence-electron chi connectivity index (χ0n) is 11.4. The lowest BCUT2D eigenvalue weighted by atomic mass is 9.84. The van der Waals surface area contributed by atoms with Gasteiger partial charge in [0.1, 0.15) is 0 Å². The minimum Gasteiger partial charge on any atom is -0.492 e. The molecule has 0 aliphatic carbocycles. The van der Waals surface area contributed by atoms with Gasteiger partial charge in [-0.3, -0.25) is 4.68 Å². The van der Waals surface area contributed by atoms with Crippen LogP contribution in [0.25, 0.3) is 10.4 Å². The Morgan fingerprint density at radius 1 is 1.29 bits per heavy atom. The Labute approximate surface area is 138 Å². The molecule has 5 heterocycles. The van der Waals surface area contributed by atoms with Crippen molar-refractivity contribution < 1.29 is 5.11 Å². The molecule has 1 N–H and O–H groups in total. The molecule has 4 nitrogen and oxygen atoms in total. The highest BCUT2D eigenvalue weighted by atomic mass is 35.5. The lowest BCUT2D eigenvalue weighted by molar-refractivity contribution is 0.0508. The first-order valence-electron chi connectivity index (χ1n) is 6.97. The molecule has 3 saturated heterocycles. The van der Waals surface area contributed by atoms with Gasteiger partial charge in [0, 0.05) is 17.6 Å². The fourth-order valence-electron chi connectivity index (χ4n) is 3.42. The number of fused-ring (bicyclic) bond motifs is 3. The first kappa shape index (κ1) is 15.2. The molecule has 3 aliphatic rings. The van der Waals surface area contributed by atoms with Gasteiger partial charge in [-0.25, -0.2) is 0 Å². The molecule has 114 valence electrons. The number of hydrogen-bond acceptors (Lipinski definition) is 4. The molecule has 2 aromatic rings. The molecule has 1 atom stereocenters. The van der Waals surface area contributed by atoms with Gasteiger partial charge in [0.2, 0.25) is 5.88 Å². The Balaban J connectivity index is 0.00000132. The van der Waals surface area contributed by atoms with Gasteiger partial charge in [0.05, 0.1) is 15.9 Å². The Bertz CT molecular complexity index is 634. The lowest BCUT2D eigenvalue weighted by Gasteiger charge is -2.44. The van der Waals surface area contributed by atoms with Crippen LogP contribution in [0.2, 0.25) is 4.34 Å². The smallest absolute Gasteiger partial charge is 0.239 e. The van der Waals surface area contributed by atoms with Crippen LogP contribution >= 0.6 is 35.3 Å². The van der Waals surface area contributed by atoms with Crippen LogP contribution in [0.15, 0.2) is 18.3 Å². The molecule has 3 fully saturated rings. The van der Waals surface area contributed by atoms with Crippen molar-refractivity contribution in [1.29, 1.82) is 0 Å². The molecule has 3 aliphatic heterocycles. The van der Waals surface area contributed by atoms with E-state index >= 15 is 0 Å². The van der Waals surface area contributed by atoms with Crippen LogP contribution in [0.4, 0.5) is 0 Å². The summed E-state index contributed by atoms with van der Waals surface area (Å²) in [5, 5.41) is 14.5. The van der Waals surface area contributed by atoms with Crippen molar-refractivity contribution in [3.8, 4) is 16.3 Å². The average Bonchev–Trinajstić information content (AvgIpc) is 3.06. The molecule has 0 amide bonds. The second kappa shape index (κ2) is 5.80. The lowest BCUT2D eigenvalue weighted by Crippen LogP contribution is -2.48. The largest absolute Gasteiger partial charge is 0.492 e. The fraction of sp³-hybridized carbons (Fsp3) is 0.500. The summed E-state index contributed by atoms with van der Waals surface area (Å²) in [4.78, 5) is 3.46. The number of hydrogen-bond donors (Lipinski definition) is 1. The van der Waals surface area contributed by atoms with Crippen molar-refractivity contribution in [2.24, 2.45) is 5.92 Å². The van der Waals surface area contributed by atoms with Gasteiger partial charge in [0.25, 0.3) is 0 Å². The van der Waals surface area contributed by atoms with E-state index in [9.17, 15) is 5.11 Å². The summed E-state index contributed by atoms with van der Waals surface area (Å²) in [6.45, 7) is 3.47. The maximum atomic E-state index is 10.1. The molecule has 0 radical (unpaired) electrons. The van der Waals surface area contributed by atoms with Gasteiger partial charge >= 0.3 is 0 Å². The van der Waals surface area contributed by atoms with Gasteiger partial charge < -0.3 is 10.0 Å². The van der Waals surface area contributed by atoms with Gasteiger partial charge in [-0.2, -0.15) is 0 Å². The van der Waals surface area contributed by atoms with Crippen LogP contribution in [-0.4, -0.2) is 39.4 Å². The van der Waals surface area contributed by atoms with Gasteiger partial charge in [-0.1, -0.05) is 11.6 Å². The maximum Gasteiger partial charge on any atom is 0.239 e. The van der Waals surface area contributed by atoms with Gasteiger partial charge in [-0.15, -0.1) is 28.8 Å². The predicted octanol–water partition coefficient (Wildman–Crippen LogP) is 3.66. The van der Waals surface area contributed by atoms with E-state index in [-0.39, 0.29) is 18.3 Å². The van der Waals surface area contributed by atoms with Crippen LogP contribution in [-0.2, 0) is 0 Å². The summed E-state index contributed by atoms with van der Waals surface area (Å²) >= 11 is 7.44. The highest BCUT2D eigenvalue weighted by Crippen LogP contribution is 2.39. The Hall–Kier alpha value is -0.750. The summed E-state index contributed by atoms with van der Waals surface area (Å²) in [5.74, 6) is 0.805. The molecule has 0 aromatic carbocycles. The molecule has 1 unspecified atom stereocenters. The molecule has 2 aromatic heterocycles. The van der Waals surface area contributed by atoms with Gasteiger partial charge in [-0.05, 0) is 44.0 Å². The van der Waals surface area contributed by atoms with Gasteiger partial charge in [0.15, 0.2) is 0 Å². The Kier molecular flexibility index (Phi) is 4.19. The molecule has 2 bridgehead atoms. The first-order chi connectivity index (χ1) is 9.70. The van der Waals surface area contributed by atoms with E-state index in [0.29, 0.717) is 12.0 Å². The summed E-state index contributed by atoms with van der Waals surface area (Å²) in [6, 6.07) is 4.18. The molecule has 21 heavy (non-hydrogen) atoms. The fourth-order valence-corrected chi connectivity index (χ4v) is 4.47. The topological polar surface area (TPSA) is 41.3 Å². The Morgan fingerprint density at radius 2 is 2.05 bits per heavy atom. The highest BCUT2D eigenvalue weighted by molar-refractivity contribution is 7.19. The van der Waals surface area contributed by atoms with Crippen molar-refractivity contribution >= 4 is 35.3 Å². The average molecular weight is 346 g/mol. The minimum absolute atomic E-state index is 0. The third-order valence-electron chi connectivity index (χ3n) is 4.51. The monoisotopic (exact) mass is 345 g/mol. The number of piperidine rings is 3. The molecule has 7 heteroatoms. The number of thiophene rings is 1. The number of halogens is 2. The number of aromatic hydroxyl groups is 1. The SMILES string of the molecule is Cl.Oc1nn(C2CN3CCC2CC3)cc1-c1ccc(Cl)s1. The Morgan fingerprint density at radius 3 is 2.62 bits per heavy atom. The van der Waals surface area contributed by atoms with Crippen molar-refractivity contribution in [2.75, 3.05) is 19.6 Å². The summed E-state index contributed by atoms with van der Waals surface area (Å²) in [5.41, 5.74) is 0.790. The van der Waals surface area contributed by atoms with Crippen LogP contribution in [0, 0.1) is 5.92 Å². The zero-order chi connectivity index (χ0) is 13.7. The van der Waals surface area contributed by atoms with Crippen LogP contribution in [0.5, 0.6) is 5.88 Å². The van der Waals surface area contributed by atoms with E-state index in [2.05, 4.69) is 10.00 Å².